The van der Waals surface area contributed by atoms with Gasteiger partial charge in [-0.2, -0.15) is 0 Å². The second kappa shape index (κ2) is 6.14. The number of anilines is 1. The minimum atomic E-state index is -0.200. The lowest BCUT2D eigenvalue weighted by molar-refractivity contribution is 0.615. The number of rotatable bonds is 6. The largest absolute Gasteiger partial charge is 0.359 e. The molecule has 1 atom stereocenters. The van der Waals surface area contributed by atoms with Crippen molar-refractivity contribution in [3.63, 3.8) is 0 Å². The number of hydrogen-bond acceptors (Lipinski definition) is 3. The molecular formula is C14H19FN2S. The molecule has 2 rings (SSSR count). The number of nitrogens with zero attached hydrogens (tertiary/aromatic N) is 1. The van der Waals surface area contributed by atoms with Crippen molar-refractivity contribution in [2.24, 2.45) is 0 Å². The highest BCUT2D eigenvalue weighted by atomic mass is 32.1. The van der Waals surface area contributed by atoms with Gasteiger partial charge in [0, 0.05) is 6.04 Å². The SMILES string of the molecule is CCCCCC(C)Nc1nc2ccc(F)cc2s1. The highest BCUT2D eigenvalue weighted by Crippen LogP contribution is 2.27. The lowest BCUT2D eigenvalue weighted by Gasteiger charge is -2.11. The van der Waals surface area contributed by atoms with E-state index in [-0.39, 0.29) is 5.82 Å². The monoisotopic (exact) mass is 266 g/mol. The first-order chi connectivity index (χ1) is 8.69. The molecule has 98 valence electrons. The van der Waals surface area contributed by atoms with Crippen LogP contribution in [0.1, 0.15) is 39.5 Å². The van der Waals surface area contributed by atoms with Gasteiger partial charge in [-0.15, -0.1) is 0 Å². The van der Waals surface area contributed by atoms with Crippen LogP contribution in [0.15, 0.2) is 18.2 Å². The van der Waals surface area contributed by atoms with Gasteiger partial charge in [0.05, 0.1) is 10.2 Å². The highest BCUT2D eigenvalue weighted by molar-refractivity contribution is 7.22. The summed E-state index contributed by atoms with van der Waals surface area (Å²) in [7, 11) is 0. The quantitative estimate of drug-likeness (QED) is 0.758. The summed E-state index contributed by atoms with van der Waals surface area (Å²) in [5, 5.41) is 4.28. The third-order valence-electron chi connectivity index (χ3n) is 2.96. The number of nitrogens with one attached hydrogen (secondary N) is 1. The van der Waals surface area contributed by atoms with Gasteiger partial charge in [0.25, 0.3) is 0 Å². The molecule has 0 spiro atoms. The van der Waals surface area contributed by atoms with E-state index in [9.17, 15) is 4.39 Å². The molecule has 0 fully saturated rings. The van der Waals surface area contributed by atoms with Crippen LogP contribution >= 0.6 is 11.3 Å². The summed E-state index contributed by atoms with van der Waals surface area (Å²) in [4.78, 5) is 4.46. The van der Waals surface area contributed by atoms with Crippen molar-refractivity contribution in [3.8, 4) is 0 Å². The maximum absolute atomic E-state index is 13.1. The van der Waals surface area contributed by atoms with Gasteiger partial charge in [0.2, 0.25) is 0 Å². The van der Waals surface area contributed by atoms with Crippen molar-refractivity contribution in [2.45, 2.75) is 45.6 Å². The van der Waals surface area contributed by atoms with Crippen LogP contribution in [0.5, 0.6) is 0 Å². The summed E-state index contributed by atoms with van der Waals surface area (Å²) in [6, 6.07) is 5.15. The Bertz CT molecular complexity index is 509. The topological polar surface area (TPSA) is 24.9 Å². The van der Waals surface area contributed by atoms with Gasteiger partial charge in [-0.1, -0.05) is 37.5 Å². The molecule has 1 heterocycles. The zero-order valence-electron chi connectivity index (χ0n) is 10.9. The van der Waals surface area contributed by atoms with Crippen LogP contribution in [0.4, 0.5) is 9.52 Å². The van der Waals surface area contributed by atoms with Crippen LogP contribution in [0.2, 0.25) is 0 Å². The van der Waals surface area contributed by atoms with E-state index >= 15 is 0 Å². The second-order valence-corrected chi connectivity index (χ2v) is 5.70. The third kappa shape index (κ3) is 3.42. The summed E-state index contributed by atoms with van der Waals surface area (Å²) in [6.45, 7) is 4.38. The number of aromatic nitrogens is 1. The normalized spacial score (nSPS) is 12.8. The van der Waals surface area contributed by atoms with Gasteiger partial charge < -0.3 is 5.32 Å². The standard InChI is InChI=1S/C14H19FN2S/c1-3-4-5-6-10(2)16-14-17-12-8-7-11(15)9-13(12)18-14/h7-10H,3-6H2,1-2H3,(H,16,17). The molecule has 0 saturated heterocycles. The first-order valence-electron chi connectivity index (χ1n) is 6.51. The fourth-order valence-electron chi connectivity index (χ4n) is 1.94. The summed E-state index contributed by atoms with van der Waals surface area (Å²) in [5.41, 5.74) is 0.865. The molecular weight excluding hydrogens is 247 g/mol. The van der Waals surface area contributed by atoms with E-state index < -0.39 is 0 Å². The minimum Gasteiger partial charge on any atom is -0.359 e. The molecule has 1 aromatic heterocycles. The number of thiazole rings is 1. The Kier molecular flexibility index (Phi) is 4.53. The van der Waals surface area contributed by atoms with Crippen LogP contribution in [0, 0.1) is 5.82 Å². The van der Waals surface area contributed by atoms with Crippen LogP contribution in [0.3, 0.4) is 0 Å². The van der Waals surface area contributed by atoms with E-state index in [0.29, 0.717) is 6.04 Å². The Hall–Kier alpha value is -1.16. The molecule has 1 unspecified atom stereocenters. The number of fused-ring (bicyclic) bond motifs is 1. The molecule has 0 aliphatic carbocycles. The number of hydrogen-bond donors (Lipinski definition) is 1. The lowest BCUT2D eigenvalue weighted by Crippen LogP contribution is -2.14. The van der Waals surface area contributed by atoms with Crippen molar-refractivity contribution >= 4 is 26.7 Å². The van der Waals surface area contributed by atoms with Crippen molar-refractivity contribution in [1.82, 2.24) is 4.98 Å². The summed E-state index contributed by atoms with van der Waals surface area (Å²) >= 11 is 1.52. The zero-order chi connectivity index (χ0) is 13.0. The first-order valence-corrected chi connectivity index (χ1v) is 7.33. The van der Waals surface area contributed by atoms with Crippen LogP contribution in [-0.4, -0.2) is 11.0 Å². The zero-order valence-corrected chi connectivity index (χ0v) is 11.7. The molecule has 0 bridgehead atoms. The maximum Gasteiger partial charge on any atom is 0.184 e. The van der Waals surface area contributed by atoms with E-state index in [1.165, 1.54) is 36.7 Å². The summed E-state index contributed by atoms with van der Waals surface area (Å²) in [5.74, 6) is -0.200. The van der Waals surface area contributed by atoms with Crippen LogP contribution in [0.25, 0.3) is 10.2 Å². The molecule has 0 amide bonds. The molecule has 0 aliphatic rings. The Labute approximate surface area is 111 Å². The Morgan fingerprint density at radius 3 is 3.00 bits per heavy atom. The van der Waals surface area contributed by atoms with E-state index in [1.54, 1.807) is 12.1 Å². The number of halogens is 1. The van der Waals surface area contributed by atoms with Gasteiger partial charge in [-0.25, -0.2) is 9.37 Å². The molecule has 18 heavy (non-hydrogen) atoms. The maximum atomic E-state index is 13.1. The summed E-state index contributed by atoms with van der Waals surface area (Å²) < 4.78 is 14.0. The number of unbranched alkanes of at least 4 members (excludes halogenated alkanes) is 2. The van der Waals surface area contributed by atoms with Gasteiger partial charge in [-0.3, -0.25) is 0 Å². The second-order valence-electron chi connectivity index (χ2n) is 4.67. The van der Waals surface area contributed by atoms with Gasteiger partial charge >= 0.3 is 0 Å². The lowest BCUT2D eigenvalue weighted by atomic mass is 10.1. The molecule has 4 heteroatoms. The van der Waals surface area contributed by atoms with E-state index in [2.05, 4.69) is 24.1 Å². The van der Waals surface area contributed by atoms with Crippen LogP contribution < -0.4 is 5.32 Å². The molecule has 2 aromatic rings. The average Bonchev–Trinajstić information content (AvgIpc) is 2.70. The van der Waals surface area contributed by atoms with Crippen molar-refractivity contribution in [3.05, 3.63) is 24.0 Å². The summed E-state index contributed by atoms with van der Waals surface area (Å²) in [6.07, 6.45) is 4.91. The van der Waals surface area contributed by atoms with Gasteiger partial charge in [0.1, 0.15) is 5.82 Å². The minimum absolute atomic E-state index is 0.200. The van der Waals surface area contributed by atoms with Crippen molar-refractivity contribution in [1.29, 1.82) is 0 Å². The first kappa shape index (κ1) is 13.3. The Balaban J connectivity index is 1.98. The van der Waals surface area contributed by atoms with Crippen molar-refractivity contribution in [2.75, 3.05) is 5.32 Å². The molecule has 1 aromatic carbocycles. The molecule has 0 aliphatic heterocycles. The smallest absolute Gasteiger partial charge is 0.184 e. The fourth-order valence-corrected chi connectivity index (χ4v) is 2.95. The Morgan fingerprint density at radius 2 is 2.22 bits per heavy atom. The average molecular weight is 266 g/mol. The molecule has 2 nitrogen and oxygen atoms in total. The molecule has 1 N–H and O–H groups in total. The van der Waals surface area contributed by atoms with Crippen LogP contribution in [-0.2, 0) is 0 Å². The van der Waals surface area contributed by atoms with Gasteiger partial charge in [0.15, 0.2) is 5.13 Å². The molecule has 0 saturated carbocycles. The van der Waals surface area contributed by atoms with E-state index in [0.717, 1.165) is 21.8 Å². The van der Waals surface area contributed by atoms with Crippen molar-refractivity contribution < 1.29 is 4.39 Å². The van der Waals surface area contributed by atoms with E-state index in [4.69, 9.17) is 0 Å². The van der Waals surface area contributed by atoms with E-state index in [1.807, 2.05) is 0 Å². The third-order valence-corrected chi connectivity index (χ3v) is 3.91. The van der Waals surface area contributed by atoms with Gasteiger partial charge in [-0.05, 0) is 31.5 Å². The highest BCUT2D eigenvalue weighted by Gasteiger charge is 2.07. The number of benzene rings is 1. The Morgan fingerprint density at radius 1 is 1.39 bits per heavy atom. The fraction of sp³-hybridized carbons (Fsp3) is 0.500. The molecule has 0 radical (unpaired) electrons. The predicted molar refractivity (Wildman–Crippen MR) is 76.8 cm³/mol. The predicted octanol–water partition coefficient (Wildman–Crippen LogP) is 4.82.